The van der Waals surface area contributed by atoms with E-state index in [2.05, 4.69) is 4.74 Å². The van der Waals surface area contributed by atoms with Gasteiger partial charge in [-0.3, -0.25) is 9.59 Å². The number of unbranched alkanes of at least 4 members (excludes halogenated alkanes) is 1. The molecule has 0 aliphatic heterocycles. The lowest BCUT2D eigenvalue weighted by molar-refractivity contribution is -0.140. The number of Topliss-reactive ketones (excluding diaryl/α,β-unsaturated/α-hetero) is 1. The molecule has 0 radical (unpaired) electrons. The van der Waals surface area contributed by atoms with Gasteiger partial charge < -0.3 is 14.9 Å². The first-order chi connectivity index (χ1) is 14.3. The molecule has 1 aromatic carbocycles. The number of aliphatic hydroxyl groups is 2. The van der Waals surface area contributed by atoms with Crippen molar-refractivity contribution in [1.29, 1.82) is 0 Å². The number of rotatable bonds is 10. The van der Waals surface area contributed by atoms with E-state index in [-0.39, 0.29) is 23.6 Å². The second-order valence-electron chi connectivity index (χ2n) is 8.53. The Morgan fingerprint density at radius 2 is 1.93 bits per heavy atom. The summed E-state index contributed by atoms with van der Waals surface area (Å²) in [5, 5.41) is 21.1. The van der Waals surface area contributed by atoms with Crippen LogP contribution < -0.4 is 0 Å². The molecule has 30 heavy (non-hydrogen) atoms. The fourth-order valence-corrected chi connectivity index (χ4v) is 4.01. The molecule has 0 heterocycles. The Labute approximate surface area is 179 Å². The minimum Gasteiger partial charge on any atom is -0.469 e. The van der Waals surface area contributed by atoms with Gasteiger partial charge in [0, 0.05) is 24.7 Å². The fourth-order valence-electron chi connectivity index (χ4n) is 4.01. The number of methoxy groups -OCH3 is 1. The average Bonchev–Trinajstić information content (AvgIpc) is 2.89. The molecule has 0 spiro atoms. The summed E-state index contributed by atoms with van der Waals surface area (Å²) in [5.74, 6) is -0.843. The van der Waals surface area contributed by atoms with Gasteiger partial charge in [0.1, 0.15) is 5.78 Å². The van der Waals surface area contributed by atoms with Crippen LogP contribution in [0.4, 0.5) is 0 Å². The van der Waals surface area contributed by atoms with E-state index in [1.54, 1.807) is 26.0 Å². The van der Waals surface area contributed by atoms with E-state index >= 15 is 0 Å². The Morgan fingerprint density at radius 1 is 1.23 bits per heavy atom. The first-order valence-corrected chi connectivity index (χ1v) is 10.6. The van der Waals surface area contributed by atoms with Crippen LogP contribution in [0.25, 0.3) is 0 Å². The highest BCUT2D eigenvalue weighted by Crippen LogP contribution is 2.44. The molecule has 4 unspecified atom stereocenters. The Hall–Kier alpha value is -2.24. The smallest absolute Gasteiger partial charge is 0.305 e. The summed E-state index contributed by atoms with van der Waals surface area (Å²) in [6, 6.07) is 9.72. The molecule has 1 saturated carbocycles. The van der Waals surface area contributed by atoms with E-state index in [9.17, 15) is 19.8 Å². The minimum absolute atomic E-state index is 0.0430. The zero-order valence-corrected chi connectivity index (χ0v) is 18.2. The van der Waals surface area contributed by atoms with Crippen LogP contribution in [0.5, 0.6) is 0 Å². The molecule has 5 heteroatoms. The minimum atomic E-state index is -0.817. The summed E-state index contributed by atoms with van der Waals surface area (Å²) >= 11 is 0. The summed E-state index contributed by atoms with van der Waals surface area (Å²) in [6.07, 6.45) is 8.79. The molecule has 4 atom stereocenters. The van der Waals surface area contributed by atoms with Crippen molar-refractivity contribution in [3.05, 3.63) is 60.2 Å². The Kier molecular flexibility index (Phi) is 9.00. The molecular formula is C25H34O5. The standard InChI is InChI=1S/C25H34O5/c1-25(2)23(28)20(13-9-4-5-10-14-22(27)30-3)21(24(25)29)16-15-19(26)17-18-11-7-6-8-12-18/h4,6-9,11-12,15-16,19-21,24,26,29H,5,10,13-14,17H2,1-3H3. The van der Waals surface area contributed by atoms with E-state index in [0.717, 1.165) is 12.0 Å². The van der Waals surface area contributed by atoms with Crippen molar-refractivity contribution in [2.45, 2.75) is 58.2 Å². The lowest BCUT2D eigenvalue weighted by Crippen LogP contribution is -2.31. The third kappa shape index (κ3) is 6.38. The van der Waals surface area contributed by atoms with Crippen molar-refractivity contribution in [3.63, 3.8) is 0 Å². The van der Waals surface area contributed by atoms with Gasteiger partial charge >= 0.3 is 5.97 Å². The van der Waals surface area contributed by atoms with Gasteiger partial charge in [0.05, 0.1) is 24.7 Å². The highest BCUT2D eigenvalue weighted by atomic mass is 16.5. The SMILES string of the molecule is COC(=O)CCCC=CCC1C(=O)C(C)(C)C(O)C1C=CC(O)Cc1ccccc1. The third-order valence-electron chi connectivity index (χ3n) is 5.92. The van der Waals surface area contributed by atoms with Gasteiger partial charge in [-0.2, -0.15) is 0 Å². The normalized spacial score (nSPS) is 24.6. The average molecular weight is 415 g/mol. The van der Waals surface area contributed by atoms with Crippen LogP contribution in [0, 0.1) is 17.3 Å². The van der Waals surface area contributed by atoms with Crippen LogP contribution in [0.3, 0.4) is 0 Å². The quantitative estimate of drug-likeness (QED) is 0.347. The van der Waals surface area contributed by atoms with Crippen LogP contribution in [0.2, 0.25) is 0 Å². The molecule has 0 aromatic heterocycles. The second-order valence-corrected chi connectivity index (χ2v) is 8.53. The second kappa shape index (κ2) is 11.2. The van der Waals surface area contributed by atoms with Crippen molar-refractivity contribution < 1.29 is 24.5 Å². The van der Waals surface area contributed by atoms with Crippen molar-refractivity contribution in [2.24, 2.45) is 17.3 Å². The molecule has 164 valence electrons. The molecule has 1 aromatic rings. The molecule has 0 amide bonds. The number of hydrogen-bond acceptors (Lipinski definition) is 5. The molecule has 1 fully saturated rings. The van der Waals surface area contributed by atoms with Crippen LogP contribution in [0.15, 0.2) is 54.6 Å². The van der Waals surface area contributed by atoms with Crippen molar-refractivity contribution in [1.82, 2.24) is 0 Å². The Bertz CT molecular complexity index is 750. The van der Waals surface area contributed by atoms with Gasteiger partial charge in [-0.15, -0.1) is 0 Å². The molecule has 2 N–H and O–H groups in total. The topological polar surface area (TPSA) is 83.8 Å². The fraction of sp³-hybridized carbons (Fsp3) is 0.520. The van der Waals surface area contributed by atoms with Crippen molar-refractivity contribution in [3.8, 4) is 0 Å². The van der Waals surface area contributed by atoms with E-state index in [1.165, 1.54) is 7.11 Å². The number of allylic oxidation sites excluding steroid dienone is 2. The molecule has 2 rings (SSSR count). The highest BCUT2D eigenvalue weighted by Gasteiger charge is 2.52. The predicted octanol–water partition coefficient (Wildman–Crippen LogP) is 3.64. The third-order valence-corrected chi connectivity index (χ3v) is 5.92. The maximum absolute atomic E-state index is 12.9. The number of esters is 1. The largest absolute Gasteiger partial charge is 0.469 e. The van der Waals surface area contributed by atoms with E-state index < -0.39 is 17.6 Å². The first-order valence-electron chi connectivity index (χ1n) is 10.6. The van der Waals surface area contributed by atoms with E-state index in [1.807, 2.05) is 42.5 Å². The lowest BCUT2D eigenvalue weighted by Gasteiger charge is -2.22. The van der Waals surface area contributed by atoms with Gasteiger partial charge in [0.25, 0.3) is 0 Å². The summed E-state index contributed by atoms with van der Waals surface area (Å²) in [4.78, 5) is 24.0. The number of benzene rings is 1. The molecular weight excluding hydrogens is 380 g/mol. The zero-order valence-electron chi connectivity index (χ0n) is 18.2. The van der Waals surface area contributed by atoms with Gasteiger partial charge in [0.15, 0.2) is 0 Å². The number of ketones is 1. The van der Waals surface area contributed by atoms with Crippen LogP contribution in [0.1, 0.15) is 45.1 Å². The highest BCUT2D eigenvalue weighted by molar-refractivity contribution is 5.90. The predicted molar refractivity (Wildman–Crippen MR) is 117 cm³/mol. The summed E-state index contributed by atoms with van der Waals surface area (Å²) in [5.41, 5.74) is 0.215. The number of aliphatic hydroxyl groups excluding tert-OH is 2. The number of hydrogen-bond donors (Lipinski definition) is 2. The van der Waals surface area contributed by atoms with Crippen LogP contribution >= 0.6 is 0 Å². The molecule has 1 aliphatic carbocycles. The van der Waals surface area contributed by atoms with E-state index in [0.29, 0.717) is 25.7 Å². The molecule has 0 bridgehead atoms. The number of ether oxygens (including phenoxy) is 1. The monoisotopic (exact) mass is 414 g/mol. The van der Waals surface area contributed by atoms with Crippen LogP contribution in [-0.2, 0) is 20.7 Å². The van der Waals surface area contributed by atoms with Gasteiger partial charge in [0.2, 0.25) is 0 Å². The number of carbonyl (C=O) groups excluding carboxylic acids is 2. The van der Waals surface area contributed by atoms with E-state index in [4.69, 9.17) is 0 Å². The molecule has 1 aliphatic rings. The van der Waals surface area contributed by atoms with Crippen molar-refractivity contribution in [2.75, 3.05) is 7.11 Å². The Balaban J connectivity index is 1.98. The van der Waals surface area contributed by atoms with Crippen molar-refractivity contribution >= 4 is 11.8 Å². The maximum Gasteiger partial charge on any atom is 0.305 e. The maximum atomic E-state index is 12.9. The van der Waals surface area contributed by atoms with Crippen LogP contribution in [-0.4, -0.2) is 41.3 Å². The summed E-state index contributed by atoms with van der Waals surface area (Å²) in [6.45, 7) is 3.56. The first kappa shape index (κ1) is 24.0. The zero-order chi connectivity index (χ0) is 22.1. The summed E-state index contributed by atoms with van der Waals surface area (Å²) < 4.78 is 4.62. The lowest BCUT2D eigenvalue weighted by atomic mass is 9.86. The van der Waals surface area contributed by atoms with Gasteiger partial charge in [-0.1, -0.05) is 68.5 Å². The van der Waals surface area contributed by atoms with Gasteiger partial charge in [-0.05, 0) is 24.8 Å². The Morgan fingerprint density at radius 3 is 2.60 bits per heavy atom. The van der Waals surface area contributed by atoms with Gasteiger partial charge in [-0.25, -0.2) is 0 Å². The molecule has 0 saturated heterocycles. The summed E-state index contributed by atoms with van der Waals surface area (Å²) in [7, 11) is 1.38. The number of carbonyl (C=O) groups is 2. The molecule has 5 nitrogen and oxygen atoms in total.